The average molecular weight is 1210 g/mol. The highest BCUT2D eigenvalue weighted by molar-refractivity contribution is 7.80. The van der Waals surface area contributed by atoms with Gasteiger partial charge in [-0.05, 0) is 69.6 Å². The second kappa shape index (κ2) is 50.2. The van der Waals surface area contributed by atoms with Crippen molar-refractivity contribution in [3.8, 4) is 0 Å². The third-order valence-electron chi connectivity index (χ3n) is 12.1. The van der Waals surface area contributed by atoms with Gasteiger partial charge in [-0.2, -0.15) is 37.9 Å². The summed E-state index contributed by atoms with van der Waals surface area (Å²) in [6.07, 6.45) is 20.6. The van der Waals surface area contributed by atoms with Crippen LogP contribution in [-0.2, 0) is 53.4 Å². The highest BCUT2D eigenvalue weighted by Gasteiger charge is 2.41. The highest BCUT2D eigenvalue weighted by Crippen LogP contribution is 2.31. The van der Waals surface area contributed by atoms with Gasteiger partial charge < -0.3 is 52.5 Å². The van der Waals surface area contributed by atoms with Crippen molar-refractivity contribution in [3.05, 3.63) is 97.1 Å². The summed E-state index contributed by atoms with van der Waals surface area (Å²) in [5, 5.41) is 22.8. The van der Waals surface area contributed by atoms with Gasteiger partial charge >= 0.3 is 17.9 Å². The van der Waals surface area contributed by atoms with E-state index < -0.39 is 52.9 Å². The number of unbranched alkanes of at least 4 members (excludes halogenated alkanes) is 10. The molecule has 0 fully saturated rings. The SMILES string of the molecule is C=CCCCCCCCC(CCCC(CCCCCCCC=C)C(=O)[O-])C(=O)[O-].CCC(COC(=O)CCS)(COC(=O)CCS)COC(=O)CCS.COC(OC)(C(=O)c1ccccc1)c1ccccc1.C[N+](C)(C)C.C[N+](C)(C)C. The van der Waals surface area contributed by atoms with Crippen molar-refractivity contribution >= 4 is 73.5 Å². The van der Waals surface area contributed by atoms with E-state index in [0.29, 0.717) is 66.9 Å². The van der Waals surface area contributed by atoms with Gasteiger partial charge in [0, 0.05) is 54.5 Å². The Morgan fingerprint density at radius 2 is 0.817 bits per heavy atom. The second-order valence-electron chi connectivity index (χ2n) is 22.9. The average Bonchev–Trinajstić information content (AvgIpc) is 3.44. The van der Waals surface area contributed by atoms with Gasteiger partial charge in [0.15, 0.2) is 0 Å². The predicted octanol–water partition coefficient (Wildman–Crippen LogP) is 10.4. The number of hydrogen-bond acceptors (Lipinski definition) is 16. The molecule has 0 bridgehead atoms. The minimum Gasteiger partial charge on any atom is -0.550 e. The summed E-state index contributed by atoms with van der Waals surface area (Å²) in [5.74, 6) is -4.59. The number of carbonyl (C=O) groups excluding carboxylic acids is 6. The van der Waals surface area contributed by atoms with Crippen LogP contribution in [-0.4, -0.2) is 152 Å². The van der Waals surface area contributed by atoms with Gasteiger partial charge in [-0.25, -0.2) is 0 Å². The van der Waals surface area contributed by atoms with Crippen molar-refractivity contribution in [2.75, 3.05) is 108 Å². The van der Waals surface area contributed by atoms with E-state index in [1.807, 2.05) is 67.6 Å². The molecule has 0 heterocycles. The number of esters is 3. The van der Waals surface area contributed by atoms with Crippen molar-refractivity contribution < 1.29 is 71.6 Å². The first-order valence-electron chi connectivity index (χ1n) is 29.0. The molecule has 18 heteroatoms. The van der Waals surface area contributed by atoms with Crippen LogP contribution in [0.1, 0.15) is 158 Å². The number of rotatable bonds is 40. The number of carboxylic acid groups (broad SMARTS) is 2. The molecule has 0 aromatic heterocycles. The molecule has 0 saturated carbocycles. The lowest BCUT2D eigenvalue weighted by molar-refractivity contribution is -0.849. The smallest absolute Gasteiger partial charge is 0.306 e. The third kappa shape index (κ3) is 46.2. The van der Waals surface area contributed by atoms with Crippen molar-refractivity contribution in [1.29, 1.82) is 0 Å². The fraction of sp³-hybridized carbons (Fsp3) is 0.656. The van der Waals surface area contributed by atoms with E-state index in [1.54, 1.807) is 12.1 Å². The summed E-state index contributed by atoms with van der Waals surface area (Å²) in [6.45, 7) is 9.26. The van der Waals surface area contributed by atoms with Crippen LogP contribution in [0.4, 0.5) is 0 Å². The molecule has 0 aliphatic heterocycles. The van der Waals surface area contributed by atoms with Crippen LogP contribution < -0.4 is 10.2 Å². The summed E-state index contributed by atoms with van der Waals surface area (Å²) in [4.78, 5) is 70.2. The molecule has 2 unspecified atom stereocenters. The second-order valence-corrected chi connectivity index (χ2v) is 24.3. The molecular formula is C64H108N2O13S3. The molecule has 2 aromatic carbocycles. The van der Waals surface area contributed by atoms with E-state index in [1.165, 1.54) is 14.2 Å². The van der Waals surface area contributed by atoms with Gasteiger partial charge in [0.05, 0.1) is 81.1 Å². The number of nitrogens with zero attached hydrogens (tertiary/aromatic N) is 2. The standard InChI is InChI=1S/C25H44O4.C16H16O3.C15H26O6S3.2C4H12N/c1-3-5-7-9-11-13-15-18-22(24(26)27)20-17-21-23(25(28)29)19-16-14-12-10-8-6-4-2;1-18-16(19-2,14-11-7-4-8-12-14)15(17)13-9-5-3-6-10-13;1-2-15(9-19-12(16)3-6-22,10-20-13(17)4-7-23)11-21-14(18)5-8-24;2*1-5(2,3)4/h3-4,22-23H,1-2,5-21H2,(H,26,27)(H,28,29);3-12H,1-2H3;22-24H,2-11H2,1H3;2*1-4H3/q;;;2*+1/p-2. The number of ketones is 1. The normalized spacial score (nSPS) is 11.9. The number of thiol groups is 3. The Labute approximate surface area is 512 Å². The summed E-state index contributed by atoms with van der Waals surface area (Å²) in [5.41, 5.74) is 0.453. The van der Waals surface area contributed by atoms with Gasteiger partial charge in [0.1, 0.15) is 19.8 Å². The van der Waals surface area contributed by atoms with E-state index in [2.05, 4.69) is 107 Å². The van der Waals surface area contributed by atoms with Crippen LogP contribution in [0.5, 0.6) is 0 Å². The monoisotopic (exact) mass is 1210 g/mol. The summed E-state index contributed by atoms with van der Waals surface area (Å²) in [7, 11) is 19.9. The zero-order valence-electron chi connectivity index (χ0n) is 52.1. The highest BCUT2D eigenvalue weighted by atomic mass is 32.1. The van der Waals surface area contributed by atoms with Crippen LogP contribution in [0.3, 0.4) is 0 Å². The number of methoxy groups -OCH3 is 2. The Balaban J connectivity index is -0.00000106. The minimum atomic E-state index is -1.40. The Hall–Kier alpha value is -4.17. The Morgan fingerprint density at radius 1 is 0.512 bits per heavy atom. The number of benzene rings is 2. The Bertz CT molecular complexity index is 1870. The lowest BCUT2D eigenvalue weighted by Crippen LogP contribution is -2.39. The molecule has 0 saturated heterocycles. The molecule has 2 rings (SSSR count). The molecule has 0 aliphatic carbocycles. The van der Waals surface area contributed by atoms with Gasteiger partial charge in [-0.15, -0.1) is 13.2 Å². The largest absolute Gasteiger partial charge is 0.550 e. The number of aliphatic carboxylic acids is 2. The number of Topliss-reactive ketones (excluding diaryl/α,β-unsaturated/α-hetero) is 1. The zero-order valence-corrected chi connectivity index (χ0v) is 54.8. The van der Waals surface area contributed by atoms with E-state index >= 15 is 0 Å². The van der Waals surface area contributed by atoms with Gasteiger partial charge in [0.25, 0.3) is 5.79 Å². The van der Waals surface area contributed by atoms with E-state index in [9.17, 15) is 39.0 Å². The fourth-order valence-electron chi connectivity index (χ4n) is 7.49. The van der Waals surface area contributed by atoms with Crippen LogP contribution in [0.25, 0.3) is 0 Å². The molecule has 0 amide bonds. The summed E-state index contributed by atoms with van der Waals surface area (Å²) < 4.78 is 28.5. The molecule has 470 valence electrons. The fourth-order valence-corrected chi connectivity index (χ4v) is 8.03. The quantitative estimate of drug-likeness (QED) is 0.00835. The number of ether oxygens (including phenoxy) is 5. The minimum absolute atomic E-state index is 0.00157. The zero-order chi connectivity index (χ0) is 62.9. The summed E-state index contributed by atoms with van der Waals surface area (Å²) in [6, 6.07) is 18.2. The van der Waals surface area contributed by atoms with Crippen molar-refractivity contribution in [1.82, 2.24) is 0 Å². The summed E-state index contributed by atoms with van der Waals surface area (Å²) >= 11 is 11.9. The Kier molecular flexibility index (Phi) is 50.2. The molecule has 0 aliphatic rings. The molecule has 2 atom stereocenters. The van der Waals surface area contributed by atoms with Crippen molar-refractivity contribution in [2.24, 2.45) is 17.3 Å². The lowest BCUT2D eigenvalue weighted by Gasteiger charge is -2.31. The molecule has 82 heavy (non-hydrogen) atoms. The van der Waals surface area contributed by atoms with Crippen LogP contribution in [0.15, 0.2) is 86.0 Å². The number of quaternary nitrogens is 2. The maximum absolute atomic E-state index is 12.7. The van der Waals surface area contributed by atoms with E-state index in [4.69, 9.17) is 23.7 Å². The lowest BCUT2D eigenvalue weighted by atomic mass is 9.88. The van der Waals surface area contributed by atoms with Gasteiger partial charge in [0.2, 0.25) is 5.78 Å². The molecule has 0 N–H and O–H groups in total. The van der Waals surface area contributed by atoms with Crippen LogP contribution >= 0.6 is 37.9 Å². The Morgan fingerprint density at radius 3 is 1.11 bits per heavy atom. The number of carboxylic acids is 2. The topological polar surface area (TPSA) is 195 Å². The van der Waals surface area contributed by atoms with Crippen LogP contribution in [0, 0.1) is 17.3 Å². The maximum Gasteiger partial charge on any atom is 0.306 e. The third-order valence-corrected chi connectivity index (χ3v) is 12.7. The first-order valence-corrected chi connectivity index (χ1v) is 30.9. The molecule has 2 aromatic rings. The number of carbonyl (C=O) groups is 6. The number of allylic oxidation sites excluding steroid dienone is 2. The van der Waals surface area contributed by atoms with Gasteiger partial charge in [-0.3, -0.25) is 19.2 Å². The van der Waals surface area contributed by atoms with E-state index in [0.717, 1.165) is 86.0 Å². The van der Waals surface area contributed by atoms with Crippen molar-refractivity contribution in [3.63, 3.8) is 0 Å². The molecule has 0 radical (unpaired) electrons. The molecular weight excluding hydrogens is 1100 g/mol. The number of hydrogen-bond donors (Lipinski definition) is 3. The van der Waals surface area contributed by atoms with Crippen LogP contribution in [0.2, 0.25) is 0 Å². The van der Waals surface area contributed by atoms with Crippen molar-refractivity contribution in [2.45, 2.75) is 148 Å². The molecule has 15 nitrogen and oxygen atoms in total. The molecule has 0 spiro atoms. The maximum atomic E-state index is 12.7. The predicted molar refractivity (Wildman–Crippen MR) is 338 cm³/mol. The van der Waals surface area contributed by atoms with Gasteiger partial charge in [-0.1, -0.05) is 138 Å². The first-order chi connectivity index (χ1) is 38.7. The first kappa shape index (κ1) is 82.0. The van der Waals surface area contributed by atoms with E-state index in [-0.39, 0.29) is 44.9 Å².